The van der Waals surface area contributed by atoms with Crippen molar-refractivity contribution in [3.05, 3.63) is 59.2 Å². The van der Waals surface area contributed by atoms with E-state index in [2.05, 4.69) is 82.0 Å². The molecule has 0 amide bonds. The second-order valence-electron chi connectivity index (χ2n) is 12.0. The molecule has 3 aromatic rings. The molecule has 0 saturated heterocycles. The van der Waals surface area contributed by atoms with Gasteiger partial charge in [0.25, 0.3) is 0 Å². The highest BCUT2D eigenvalue weighted by molar-refractivity contribution is 6.08. The van der Waals surface area contributed by atoms with Crippen molar-refractivity contribution >= 4 is 34.0 Å². The number of aliphatic hydroxyl groups excluding tert-OH is 1. The third-order valence-electron chi connectivity index (χ3n) is 8.34. The Hall–Kier alpha value is -1.61. The molecule has 1 atom stereocenters. The monoisotopic (exact) mass is 553 g/mol. The first-order valence-electron chi connectivity index (χ1n) is 15.8. The first kappa shape index (κ1) is 33.6. The Morgan fingerprint density at radius 2 is 1.21 bits per heavy atom. The van der Waals surface area contributed by atoms with Crippen LogP contribution in [0.2, 0.25) is 0 Å². The van der Waals surface area contributed by atoms with Gasteiger partial charge >= 0.3 is 0 Å². The van der Waals surface area contributed by atoms with Gasteiger partial charge in [0.05, 0.1) is 6.10 Å². The number of hydrogen-bond acceptors (Lipinski definition) is 2. The van der Waals surface area contributed by atoms with E-state index in [0.717, 1.165) is 25.2 Å². The Balaban J connectivity index is 0.00000533. The van der Waals surface area contributed by atoms with Crippen LogP contribution in [0.5, 0.6) is 0 Å². The van der Waals surface area contributed by atoms with Crippen LogP contribution in [0.3, 0.4) is 0 Å². The van der Waals surface area contributed by atoms with Crippen LogP contribution in [0.4, 0.5) is 0 Å². The number of halogens is 1. The van der Waals surface area contributed by atoms with Gasteiger partial charge in [0.2, 0.25) is 0 Å². The minimum absolute atomic E-state index is 0. The molecule has 0 aliphatic carbocycles. The molecule has 0 fully saturated rings. The van der Waals surface area contributed by atoms with Crippen LogP contribution in [-0.2, 0) is 0 Å². The summed E-state index contributed by atoms with van der Waals surface area (Å²) in [6, 6.07) is 15.9. The molecule has 218 valence electrons. The molecule has 0 saturated carbocycles. The van der Waals surface area contributed by atoms with E-state index in [1.165, 1.54) is 110 Å². The molecule has 3 heteroatoms. The summed E-state index contributed by atoms with van der Waals surface area (Å²) in [5.41, 5.74) is 3.70. The highest BCUT2D eigenvalue weighted by Crippen LogP contribution is 2.32. The van der Waals surface area contributed by atoms with Crippen molar-refractivity contribution < 1.29 is 5.11 Å². The van der Waals surface area contributed by atoms with Crippen LogP contribution in [-0.4, -0.2) is 29.6 Å². The zero-order valence-electron chi connectivity index (χ0n) is 25.6. The van der Waals surface area contributed by atoms with Crippen molar-refractivity contribution in [3.8, 4) is 0 Å². The highest BCUT2D eigenvalue weighted by atomic mass is 35.5. The molecule has 0 spiro atoms. The van der Waals surface area contributed by atoms with Crippen LogP contribution >= 0.6 is 12.4 Å². The number of fused-ring (bicyclic) bond motifs is 3. The van der Waals surface area contributed by atoms with Gasteiger partial charge in [-0.2, -0.15) is 0 Å². The second-order valence-corrected chi connectivity index (χ2v) is 12.0. The van der Waals surface area contributed by atoms with E-state index in [9.17, 15) is 5.11 Å². The molecule has 1 unspecified atom stereocenters. The third-order valence-corrected chi connectivity index (χ3v) is 8.34. The molecule has 0 radical (unpaired) electrons. The maximum absolute atomic E-state index is 11.5. The quantitative estimate of drug-likeness (QED) is 0.125. The summed E-state index contributed by atoms with van der Waals surface area (Å²) >= 11 is 0. The molecule has 0 bridgehead atoms. The van der Waals surface area contributed by atoms with Gasteiger partial charge < -0.3 is 10.0 Å². The lowest BCUT2D eigenvalue weighted by Crippen LogP contribution is -2.31. The molecule has 3 aromatic carbocycles. The lowest BCUT2D eigenvalue weighted by molar-refractivity contribution is 0.110. The summed E-state index contributed by atoms with van der Waals surface area (Å²) in [5, 5.41) is 16.6. The van der Waals surface area contributed by atoms with Gasteiger partial charge in [-0.25, -0.2) is 0 Å². The maximum Gasteiger partial charge on any atom is 0.0917 e. The first-order chi connectivity index (χ1) is 18.4. The molecule has 0 heterocycles. The second kappa shape index (κ2) is 17.9. The Morgan fingerprint density at radius 1 is 0.641 bits per heavy atom. The van der Waals surface area contributed by atoms with Crippen molar-refractivity contribution in [2.45, 2.75) is 124 Å². The smallest absolute Gasteiger partial charge is 0.0917 e. The van der Waals surface area contributed by atoms with E-state index in [1.54, 1.807) is 0 Å². The first-order valence-corrected chi connectivity index (χ1v) is 15.8. The number of hydrogen-bond donors (Lipinski definition) is 1. The van der Waals surface area contributed by atoms with Crippen LogP contribution in [0.25, 0.3) is 21.5 Å². The summed E-state index contributed by atoms with van der Waals surface area (Å²) in [6.07, 6.45) is 15.4. The zero-order valence-corrected chi connectivity index (χ0v) is 26.4. The van der Waals surface area contributed by atoms with E-state index in [0.29, 0.717) is 5.92 Å². The number of unbranched alkanes of at least 4 members (excludes halogenated alkanes) is 10. The molecular weight excluding hydrogens is 498 g/mol. The van der Waals surface area contributed by atoms with E-state index in [1.807, 2.05) is 0 Å². The van der Waals surface area contributed by atoms with E-state index >= 15 is 0 Å². The number of benzene rings is 3. The summed E-state index contributed by atoms with van der Waals surface area (Å²) in [4.78, 5) is 2.54. The number of aryl methyl sites for hydroxylation is 1. The van der Waals surface area contributed by atoms with Crippen molar-refractivity contribution in [2.75, 3.05) is 19.6 Å². The van der Waals surface area contributed by atoms with Gasteiger partial charge in [0.15, 0.2) is 0 Å². The third kappa shape index (κ3) is 10.4. The number of nitrogens with zero attached hydrogens (tertiary/aromatic N) is 1. The van der Waals surface area contributed by atoms with Crippen LogP contribution in [0, 0.1) is 6.92 Å². The SMILES string of the molecule is CCCCCCCCN(CCCCCCCC)CC(O)c1cc(C)c2ccc3cc(C(C)C)ccc3c2c1.Cl. The normalized spacial score (nSPS) is 12.5. The van der Waals surface area contributed by atoms with Gasteiger partial charge in [-0.1, -0.05) is 128 Å². The van der Waals surface area contributed by atoms with Crippen LogP contribution < -0.4 is 0 Å². The predicted octanol–water partition coefficient (Wildman–Crippen LogP) is 10.9. The summed E-state index contributed by atoms with van der Waals surface area (Å²) in [6.45, 7) is 14.2. The lowest BCUT2D eigenvalue weighted by Gasteiger charge is -2.26. The summed E-state index contributed by atoms with van der Waals surface area (Å²) < 4.78 is 0. The van der Waals surface area contributed by atoms with Crippen LogP contribution in [0.1, 0.15) is 133 Å². The van der Waals surface area contributed by atoms with Crippen molar-refractivity contribution in [1.29, 1.82) is 0 Å². The fourth-order valence-corrected chi connectivity index (χ4v) is 5.84. The van der Waals surface area contributed by atoms with E-state index in [4.69, 9.17) is 0 Å². The average Bonchev–Trinajstić information content (AvgIpc) is 2.91. The molecule has 0 aromatic heterocycles. The fraction of sp³-hybridized carbons (Fsp3) is 0.611. The van der Waals surface area contributed by atoms with Crippen LogP contribution in [0.15, 0.2) is 42.5 Å². The molecule has 0 aliphatic rings. The standard InChI is InChI=1S/C36H55NO.ClH/c1-6-8-10-12-14-16-22-37(23-17-15-13-11-9-7-2)27-36(38)32-24-29(5)33-20-19-31-25-30(28(3)4)18-21-34(31)35(33)26-32;/h18-21,24-26,28,36,38H,6-17,22-23,27H2,1-5H3;1H. The Bertz CT molecular complexity index is 1090. The Labute approximate surface area is 246 Å². The summed E-state index contributed by atoms with van der Waals surface area (Å²) in [5.74, 6) is 0.522. The van der Waals surface area contributed by atoms with E-state index in [-0.39, 0.29) is 12.4 Å². The number of aliphatic hydroxyl groups is 1. The lowest BCUT2D eigenvalue weighted by atomic mass is 9.92. The zero-order chi connectivity index (χ0) is 27.3. The van der Waals surface area contributed by atoms with Crippen molar-refractivity contribution in [1.82, 2.24) is 4.90 Å². The number of rotatable bonds is 18. The Morgan fingerprint density at radius 3 is 1.79 bits per heavy atom. The molecule has 0 aliphatic heterocycles. The average molecular weight is 554 g/mol. The molecular formula is C36H56ClNO. The topological polar surface area (TPSA) is 23.5 Å². The Kier molecular flexibility index (Phi) is 15.5. The van der Waals surface area contributed by atoms with Gasteiger partial charge in [-0.05, 0) is 83.1 Å². The molecule has 1 N–H and O–H groups in total. The molecule has 2 nitrogen and oxygen atoms in total. The minimum Gasteiger partial charge on any atom is -0.387 e. The van der Waals surface area contributed by atoms with E-state index < -0.39 is 6.10 Å². The van der Waals surface area contributed by atoms with Gasteiger partial charge in [-0.3, -0.25) is 0 Å². The predicted molar refractivity (Wildman–Crippen MR) is 176 cm³/mol. The molecule has 3 rings (SSSR count). The molecule has 39 heavy (non-hydrogen) atoms. The van der Waals surface area contributed by atoms with Crippen molar-refractivity contribution in [3.63, 3.8) is 0 Å². The minimum atomic E-state index is -0.455. The largest absolute Gasteiger partial charge is 0.387 e. The van der Waals surface area contributed by atoms with Gasteiger partial charge in [0, 0.05) is 6.54 Å². The van der Waals surface area contributed by atoms with Crippen molar-refractivity contribution in [2.24, 2.45) is 0 Å². The van der Waals surface area contributed by atoms with Gasteiger partial charge in [-0.15, -0.1) is 12.4 Å². The fourth-order valence-electron chi connectivity index (χ4n) is 5.84. The highest BCUT2D eigenvalue weighted by Gasteiger charge is 2.16. The van der Waals surface area contributed by atoms with Gasteiger partial charge in [0.1, 0.15) is 0 Å². The maximum atomic E-state index is 11.5. The summed E-state index contributed by atoms with van der Waals surface area (Å²) in [7, 11) is 0.